The maximum absolute atomic E-state index is 12.9. The van der Waals surface area contributed by atoms with Gasteiger partial charge in [0.2, 0.25) is 0 Å². The Kier molecular flexibility index (Phi) is 7.72. The number of hydrogen-bond acceptors (Lipinski definition) is 7. The molecule has 1 amide bonds. The molecule has 1 N–H and O–H groups in total. The molecule has 0 bridgehead atoms. The normalized spacial score (nSPS) is 12.2. The van der Waals surface area contributed by atoms with Crippen LogP contribution in [-0.4, -0.2) is 50.2 Å². The van der Waals surface area contributed by atoms with E-state index in [-0.39, 0.29) is 16.9 Å². The number of aryl methyl sites for hydroxylation is 1. The lowest BCUT2D eigenvalue weighted by Gasteiger charge is -2.16. The van der Waals surface area contributed by atoms with Crippen molar-refractivity contribution in [2.75, 3.05) is 25.3 Å². The molecule has 1 heterocycles. The number of nitrogens with zero attached hydrogens (tertiary/aromatic N) is 2. The smallest absolute Gasteiger partial charge is 0.257 e. The van der Waals surface area contributed by atoms with Gasteiger partial charge in [-0.05, 0) is 50.2 Å². The van der Waals surface area contributed by atoms with Crippen LogP contribution in [0.4, 0.5) is 5.82 Å². The SMILES string of the molecule is CCn1ccc(NC(=O)c2cc(Oc3ccc(S(C)(=O)=O)cc3)cc(O[C@@H](C)COC)c2)n1. The van der Waals surface area contributed by atoms with Gasteiger partial charge in [0.25, 0.3) is 5.91 Å². The fraction of sp³-hybridized carbons (Fsp3) is 0.304. The van der Waals surface area contributed by atoms with Gasteiger partial charge < -0.3 is 19.5 Å². The van der Waals surface area contributed by atoms with Crippen LogP contribution in [-0.2, 0) is 21.1 Å². The molecule has 3 aromatic rings. The van der Waals surface area contributed by atoms with E-state index in [1.807, 2.05) is 13.8 Å². The van der Waals surface area contributed by atoms with Gasteiger partial charge in [0.1, 0.15) is 23.4 Å². The quantitative estimate of drug-likeness (QED) is 0.477. The molecule has 0 saturated heterocycles. The molecule has 0 aliphatic heterocycles. The second-order valence-electron chi connectivity index (χ2n) is 7.43. The average Bonchev–Trinajstić information content (AvgIpc) is 3.21. The lowest BCUT2D eigenvalue weighted by atomic mass is 10.2. The van der Waals surface area contributed by atoms with Gasteiger partial charge >= 0.3 is 0 Å². The molecule has 0 radical (unpaired) electrons. The molecule has 0 unspecified atom stereocenters. The van der Waals surface area contributed by atoms with E-state index < -0.39 is 9.84 Å². The number of amides is 1. The largest absolute Gasteiger partial charge is 0.488 e. The first-order valence-corrected chi connectivity index (χ1v) is 12.2. The number of ether oxygens (including phenoxy) is 3. The monoisotopic (exact) mass is 473 g/mol. The first-order valence-electron chi connectivity index (χ1n) is 10.3. The summed E-state index contributed by atoms with van der Waals surface area (Å²) < 4.78 is 41.9. The minimum absolute atomic E-state index is 0.187. The number of hydrogen-bond donors (Lipinski definition) is 1. The Morgan fingerprint density at radius 1 is 1.09 bits per heavy atom. The lowest BCUT2D eigenvalue weighted by molar-refractivity contribution is 0.0915. The van der Waals surface area contributed by atoms with Gasteiger partial charge in [-0.1, -0.05) is 0 Å². The molecule has 10 heteroatoms. The maximum atomic E-state index is 12.9. The first-order chi connectivity index (χ1) is 15.7. The van der Waals surface area contributed by atoms with Crippen molar-refractivity contribution in [1.29, 1.82) is 0 Å². The number of methoxy groups -OCH3 is 1. The number of benzene rings is 2. The number of carbonyl (C=O) groups is 1. The van der Waals surface area contributed by atoms with Crippen LogP contribution in [0.3, 0.4) is 0 Å². The van der Waals surface area contributed by atoms with E-state index in [0.29, 0.717) is 41.8 Å². The third-order valence-electron chi connectivity index (χ3n) is 4.57. The third kappa shape index (κ3) is 6.80. The Bertz CT molecular complexity index is 1210. The zero-order valence-electron chi connectivity index (χ0n) is 18.9. The van der Waals surface area contributed by atoms with E-state index >= 15 is 0 Å². The van der Waals surface area contributed by atoms with Crippen molar-refractivity contribution in [3.63, 3.8) is 0 Å². The molecular formula is C23H27N3O6S. The zero-order valence-corrected chi connectivity index (χ0v) is 19.8. The highest BCUT2D eigenvalue weighted by Crippen LogP contribution is 2.29. The van der Waals surface area contributed by atoms with Crippen molar-refractivity contribution in [2.24, 2.45) is 0 Å². The minimum Gasteiger partial charge on any atom is -0.488 e. The average molecular weight is 474 g/mol. The summed E-state index contributed by atoms with van der Waals surface area (Å²) >= 11 is 0. The van der Waals surface area contributed by atoms with Crippen molar-refractivity contribution < 1.29 is 27.4 Å². The fourth-order valence-corrected chi connectivity index (χ4v) is 3.65. The van der Waals surface area contributed by atoms with Crippen molar-refractivity contribution in [2.45, 2.75) is 31.4 Å². The third-order valence-corrected chi connectivity index (χ3v) is 5.70. The highest BCUT2D eigenvalue weighted by Gasteiger charge is 2.15. The van der Waals surface area contributed by atoms with Crippen LogP contribution in [0.25, 0.3) is 0 Å². The van der Waals surface area contributed by atoms with Gasteiger partial charge in [0.05, 0.1) is 11.5 Å². The van der Waals surface area contributed by atoms with Gasteiger partial charge in [0.15, 0.2) is 15.7 Å². The molecule has 33 heavy (non-hydrogen) atoms. The van der Waals surface area contributed by atoms with E-state index in [1.165, 1.54) is 12.1 Å². The van der Waals surface area contributed by atoms with E-state index in [1.54, 1.807) is 54.4 Å². The van der Waals surface area contributed by atoms with Crippen LogP contribution < -0.4 is 14.8 Å². The van der Waals surface area contributed by atoms with E-state index in [2.05, 4.69) is 10.4 Å². The Morgan fingerprint density at radius 2 is 1.79 bits per heavy atom. The van der Waals surface area contributed by atoms with Crippen molar-refractivity contribution >= 4 is 21.6 Å². The summed E-state index contributed by atoms with van der Waals surface area (Å²) in [6, 6.07) is 12.6. The molecule has 2 aromatic carbocycles. The van der Waals surface area contributed by atoms with Crippen molar-refractivity contribution in [3.8, 4) is 17.2 Å². The Labute approximate surface area is 193 Å². The molecular weight excluding hydrogens is 446 g/mol. The fourth-order valence-electron chi connectivity index (χ4n) is 3.01. The Morgan fingerprint density at radius 3 is 2.39 bits per heavy atom. The molecule has 0 saturated carbocycles. The number of anilines is 1. The molecule has 0 aliphatic carbocycles. The summed E-state index contributed by atoms with van der Waals surface area (Å²) in [5.74, 6) is 1.25. The zero-order chi connectivity index (χ0) is 24.0. The molecule has 0 spiro atoms. The van der Waals surface area contributed by atoms with Crippen LogP contribution in [0.2, 0.25) is 0 Å². The molecule has 0 aliphatic rings. The lowest BCUT2D eigenvalue weighted by Crippen LogP contribution is -2.18. The summed E-state index contributed by atoms with van der Waals surface area (Å²) in [6.45, 7) is 4.85. The predicted octanol–water partition coefficient (Wildman–Crippen LogP) is 3.76. The second kappa shape index (κ2) is 10.5. The van der Waals surface area contributed by atoms with E-state index in [0.717, 1.165) is 6.26 Å². The number of aromatic nitrogens is 2. The van der Waals surface area contributed by atoms with Crippen LogP contribution in [0.15, 0.2) is 59.6 Å². The van der Waals surface area contributed by atoms with Gasteiger partial charge in [-0.2, -0.15) is 5.10 Å². The number of carbonyl (C=O) groups excluding carboxylic acids is 1. The summed E-state index contributed by atoms with van der Waals surface area (Å²) in [5.41, 5.74) is 0.311. The molecule has 3 rings (SSSR count). The number of sulfone groups is 1. The van der Waals surface area contributed by atoms with Crippen molar-refractivity contribution in [1.82, 2.24) is 9.78 Å². The van der Waals surface area contributed by atoms with Crippen LogP contribution in [0, 0.1) is 0 Å². The molecule has 176 valence electrons. The van der Waals surface area contributed by atoms with Gasteiger partial charge in [0, 0.05) is 43.8 Å². The summed E-state index contributed by atoms with van der Waals surface area (Å²) in [6.07, 6.45) is 2.66. The van der Waals surface area contributed by atoms with Crippen LogP contribution >= 0.6 is 0 Å². The topological polar surface area (TPSA) is 109 Å². The minimum atomic E-state index is -3.31. The molecule has 1 aromatic heterocycles. The Balaban J connectivity index is 1.87. The van der Waals surface area contributed by atoms with Crippen LogP contribution in [0.1, 0.15) is 24.2 Å². The van der Waals surface area contributed by atoms with Crippen LogP contribution in [0.5, 0.6) is 17.2 Å². The highest BCUT2D eigenvalue weighted by molar-refractivity contribution is 7.90. The first kappa shape index (κ1) is 24.3. The summed E-state index contributed by atoms with van der Waals surface area (Å²) in [7, 11) is -1.74. The van der Waals surface area contributed by atoms with E-state index in [9.17, 15) is 13.2 Å². The Hall–Kier alpha value is -3.37. The van der Waals surface area contributed by atoms with Gasteiger partial charge in [-0.3, -0.25) is 9.48 Å². The molecule has 9 nitrogen and oxygen atoms in total. The number of nitrogens with one attached hydrogen (secondary N) is 1. The standard InChI is InChI=1S/C23H27N3O6S/c1-5-26-11-10-22(25-26)24-23(27)17-12-19(31-16(2)15-30-3)14-20(13-17)32-18-6-8-21(9-7-18)33(4,28)29/h6-14,16H,5,15H2,1-4H3,(H,24,25,27)/t16-/m0/s1. The highest BCUT2D eigenvalue weighted by atomic mass is 32.2. The maximum Gasteiger partial charge on any atom is 0.257 e. The van der Waals surface area contributed by atoms with E-state index in [4.69, 9.17) is 14.2 Å². The summed E-state index contributed by atoms with van der Waals surface area (Å²) in [5, 5.41) is 7.02. The predicted molar refractivity (Wildman–Crippen MR) is 124 cm³/mol. The van der Waals surface area contributed by atoms with Crippen molar-refractivity contribution in [3.05, 3.63) is 60.3 Å². The second-order valence-corrected chi connectivity index (χ2v) is 9.45. The van der Waals surface area contributed by atoms with Gasteiger partial charge in [-0.15, -0.1) is 0 Å². The molecule has 0 fully saturated rings. The number of rotatable bonds is 10. The molecule has 1 atom stereocenters. The summed E-state index contributed by atoms with van der Waals surface area (Å²) in [4.78, 5) is 13.1. The van der Waals surface area contributed by atoms with Gasteiger partial charge in [-0.25, -0.2) is 8.42 Å².